The third-order valence-corrected chi connectivity index (χ3v) is 6.05. The van der Waals surface area contributed by atoms with E-state index in [0.29, 0.717) is 11.0 Å². The van der Waals surface area contributed by atoms with E-state index in [9.17, 15) is 37.1 Å². The number of fused-ring (bicyclic) bond motifs is 1. The van der Waals surface area contributed by atoms with Gasteiger partial charge in [-0.3, -0.25) is 9.59 Å². The standard InChI is InChI=1S/C22H13F4NO6S/c1-32-15-3-2-11(23)18(26)19(15)33-7-9-4-14(13(25)6-12(9)24)27-16(28)5-10-8-34-20(22(30)31)17(10)21(27)29/h2-4,6,8H,5,7H2,1H3,(H,30,31). The number of hydrogen-bond acceptors (Lipinski definition) is 6. The Morgan fingerprint density at radius 2 is 1.85 bits per heavy atom. The van der Waals surface area contributed by atoms with Crippen LogP contribution in [-0.2, 0) is 17.8 Å². The van der Waals surface area contributed by atoms with Gasteiger partial charge in [-0.1, -0.05) is 0 Å². The molecule has 0 fully saturated rings. The van der Waals surface area contributed by atoms with Gasteiger partial charge in [0, 0.05) is 11.6 Å². The monoisotopic (exact) mass is 495 g/mol. The van der Waals surface area contributed by atoms with Crippen LogP contribution in [0.5, 0.6) is 11.5 Å². The lowest BCUT2D eigenvalue weighted by Gasteiger charge is -2.26. The second-order valence-corrected chi connectivity index (χ2v) is 7.94. The van der Waals surface area contributed by atoms with Crippen molar-refractivity contribution >= 4 is 34.8 Å². The summed E-state index contributed by atoms with van der Waals surface area (Å²) in [7, 11) is 1.17. The van der Waals surface area contributed by atoms with Crippen LogP contribution in [0.1, 0.15) is 31.2 Å². The molecule has 1 aliphatic heterocycles. The molecule has 12 heteroatoms. The van der Waals surface area contributed by atoms with Crippen molar-refractivity contribution < 1.29 is 46.5 Å². The highest BCUT2D eigenvalue weighted by Crippen LogP contribution is 2.35. The number of carboxylic acids is 1. The molecule has 176 valence electrons. The van der Waals surface area contributed by atoms with Crippen LogP contribution >= 0.6 is 11.3 Å². The minimum absolute atomic E-state index is 0.186. The van der Waals surface area contributed by atoms with E-state index in [0.717, 1.165) is 29.5 Å². The van der Waals surface area contributed by atoms with E-state index >= 15 is 0 Å². The van der Waals surface area contributed by atoms with E-state index in [1.807, 2.05) is 0 Å². The van der Waals surface area contributed by atoms with Crippen LogP contribution in [0.15, 0.2) is 29.6 Å². The molecule has 34 heavy (non-hydrogen) atoms. The van der Waals surface area contributed by atoms with Crippen molar-refractivity contribution in [1.82, 2.24) is 0 Å². The Labute approximate surface area is 192 Å². The van der Waals surface area contributed by atoms with Crippen molar-refractivity contribution in [3.8, 4) is 11.5 Å². The van der Waals surface area contributed by atoms with Crippen molar-refractivity contribution in [2.45, 2.75) is 13.0 Å². The number of halogens is 4. The summed E-state index contributed by atoms with van der Waals surface area (Å²) in [6.07, 6.45) is -0.376. The Kier molecular flexibility index (Phi) is 6.00. The highest BCUT2D eigenvalue weighted by Gasteiger charge is 2.38. The minimum Gasteiger partial charge on any atom is -0.493 e. The maximum Gasteiger partial charge on any atom is 0.346 e. The smallest absolute Gasteiger partial charge is 0.346 e. The molecule has 1 N–H and O–H groups in total. The first-order chi connectivity index (χ1) is 16.1. The molecule has 4 rings (SSSR count). The number of methoxy groups -OCH3 is 1. The predicted molar refractivity (Wildman–Crippen MR) is 110 cm³/mol. The second kappa shape index (κ2) is 8.78. The molecule has 0 unspecified atom stereocenters. The van der Waals surface area contributed by atoms with Crippen LogP contribution in [0.4, 0.5) is 23.2 Å². The number of carbonyl (C=O) groups excluding carboxylic acids is 2. The number of carbonyl (C=O) groups is 3. The Balaban J connectivity index is 1.71. The number of imide groups is 1. The highest BCUT2D eigenvalue weighted by atomic mass is 32.1. The normalized spacial score (nSPS) is 13.1. The summed E-state index contributed by atoms with van der Waals surface area (Å²) >= 11 is 0.747. The Hall–Kier alpha value is -3.93. The first kappa shape index (κ1) is 23.2. The zero-order chi connectivity index (χ0) is 24.7. The van der Waals surface area contributed by atoms with Crippen molar-refractivity contribution in [3.63, 3.8) is 0 Å². The Morgan fingerprint density at radius 3 is 2.53 bits per heavy atom. The van der Waals surface area contributed by atoms with Crippen LogP contribution < -0.4 is 14.4 Å². The summed E-state index contributed by atoms with van der Waals surface area (Å²) in [6.45, 7) is -0.740. The fraction of sp³-hybridized carbons (Fsp3) is 0.136. The van der Waals surface area contributed by atoms with E-state index in [4.69, 9.17) is 9.47 Å². The topological polar surface area (TPSA) is 93.1 Å². The first-order valence-corrected chi connectivity index (χ1v) is 10.4. The fourth-order valence-electron chi connectivity index (χ4n) is 3.45. The van der Waals surface area contributed by atoms with Gasteiger partial charge in [0.05, 0.1) is 24.8 Å². The number of aromatic carboxylic acids is 1. The van der Waals surface area contributed by atoms with Gasteiger partial charge in [-0.25, -0.2) is 22.9 Å². The van der Waals surface area contributed by atoms with E-state index in [-0.39, 0.29) is 28.2 Å². The van der Waals surface area contributed by atoms with Gasteiger partial charge in [-0.2, -0.15) is 4.39 Å². The number of ether oxygens (including phenoxy) is 2. The number of anilines is 1. The van der Waals surface area contributed by atoms with Gasteiger partial charge >= 0.3 is 5.97 Å². The molecule has 3 aromatic rings. The van der Waals surface area contributed by atoms with E-state index < -0.39 is 64.7 Å². The van der Waals surface area contributed by atoms with Crippen LogP contribution in [0.25, 0.3) is 0 Å². The summed E-state index contributed by atoms with van der Waals surface area (Å²) in [5.74, 6) is -9.24. The molecule has 2 amide bonds. The number of nitrogens with zero attached hydrogens (tertiary/aromatic N) is 1. The lowest BCUT2D eigenvalue weighted by molar-refractivity contribution is -0.117. The molecule has 1 aliphatic rings. The maximum atomic E-state index is 14.7. The summed E-state index contributed by atoms with van der Waals surface area (Å²) in [5.41, 5.74) is -1.11. The summed E-state index contributed by atoms with van der Waals surface area (Å²) in [6, 6.07) is 3.09. The molecule has 0 radical (unpaired) electrons. The molecule has 0 aliphatic carbocycles. The molecular formula is C22H13F4NO6S. The fourth-order valence-corrected chi connectivity index (χ4v) is 4.35. The van der Waals surface area contributed by atoms with Gasteiger partial charge < -0.3 is 14.6 Å². The lowest BCUT2D eigenvalue weighted by Crippen LogP contribution is -2.43. The van der Waals surface area contributed by atoms with Gasteiger partial charge in [0.2, 0.25) is 17.5 Å². The molecule has 0 spiro atoms. The number of rotatable bonds is 6. The van der Waals surface area contributed by atoms with Gasteiger partial charge in [-0.05, 0) is 29.1 Å². The quantitative estimate of drug-likeness (QED) is 0.405. The van der Waals surface area contributed by atoms with E-state index in [1.165, 1.54) is 12.5 Å². The number of thiophene rings is 1. The number of benzene rings is 2. The third kappa shape index (κ3) is 3.85. The summed E-state index contributed by atoms with van der Waals surface area (Å²) in [4.78, 5) is 37.1. The van der Waals surface area contributed by atoms with Gasteiger partial charge in [0.25, 0.3) is 5.91 Å². The third-order valence-electron chi connectivity index (χ3n) is 5.03. The zero-order valence-corrected chi connectivity index (χ0v) is 18.0. The van der Waals surface area contributed by atoms with Crippen molar-refractivity contribution in [1.29, 1.82) is 0 Å². The average Bonchev–Trinajstić information content (AvgIpc) is 3.21. The van der Waals surface area contributed by atoms with Crippen molar-refractivity contribution in [3.05, 3.63) is 74.5 Å². The Bertz CT molecular complexity index is 1360. The van der Waals surface area contributed by atoms with Gasteiger partial charge in [0.1, 0.15) is 23.1 Å². The average molecular weight is 495 g/mol. The minimum atomic E-state index is -1.39. The largest absolute Gasteiger partial charge is 0.493 e. The molecule has 2 aromatic carbocycles. The molecule has 2 heterocycles. The highest BCUT2D eigenvalue weighted by molar-refractivity contribution is 7.12. The SMILES string of the molecule is COc1ccc(F)c(F)c1OCc1cc(N2C(=O)Cc3csc(C(=O)O)c3C2=O)c(F)cc1F. The van der Waals surface area contributed by atoms with Crippen LogP contribution in [0, 0.1) is 23.3 Å². The van der Waals surface area contributed by atoms with Crippen molar-refractivity contribution in [2.24, 2.45) is 0 Å². The summed E-state index contributed by atoms with van der Waals surface area (Å²) < 4.78 is 66.8. The van der Waals surface area contributed by atoms with Gasteiger partial charge in [-0.15, -0.1) is 11.3 Å². The van der Waals surface area contributed by atoms with E-state index in [1.54, 1.807) is 0 Å². The predicted octanol–water partition coefficient (Wildman–Crippen LogP) is 4.32. The zero-order valence-electron chi connectivity index (χ0n) is 17.2. The molecule has 0 saturated heterocycles. The first-order valence-electron chi connectivity index (χ1n) is 9.47. The molecule has 0 atom stereocenters. The van der Waals surface area contributed by atoms with Crippen LogP contribution in [0.2, 0.25) is 0 Å². The Morgan fingerprint density at radius 1 is 1.12 bits per heavy atom. The lowest BCUT2D eigenvalue weighted by atomic mass is 10.00. The summed E-state index contributed by atoms with van der Waals surface area (Å²) in [5, 5.41) is 10.7. The maximum absolute atomic E-state index is 14.7. The van der Waals surface area contributed by atoms with Gasteiger partial charge in [0.15, 0.2) is 11.6 Å². The second-order valence-electron chi connectivity index (χ2n) is 7.06. The van der Waals surface area contributed by atoms with Crippen molar-refractivity contribution in [2.75, 3.05) is 12.0 Å². The van der Waals surface area contributed by atoms with Crippen LogP contribution in [-0.4, -0.2) is 30.0 Å². The number of amides is 2. The molecule has 1 aromatic heterocycles. The number of carboxylic acid groups (broad SMARTS) is 1. The van der Waals surface area contributed by atoms with Crippen LogP contribution in [0.3, 0.4) is 0 Å². The molecule has 7 nitrogen and oxygen atoms in total. The number of hydrogen-bond donors (Lipinski definition) is 1. The van der Waals surface area contributed by atoms with E-state index in [2.05, 4.69) is 0 Å². The molecule has 0 bridgehead atoms. The molecule has 0 saturated carbocycles. The molecular weight excluding hydrogens is 482 g/mol.